The molecule has 0 unspecified atom stereocenters. The SMILES string of the molecule is COc1ccc(CNC(=O)N2CCN(c3ncccn3)CC2)cc1C. The molecule has 3 rings (SSSR count). The number of methoxy groups -OCH3 is 1. The van der Waals surface area contributed by atoms with E-state index in [1.54, 1.807) is 25.6 Å². The van der Waals surface area contributed by atoms with E-state index in [0.29, 0.717) is 19.6 Å². The number of ether oxygens (including phenoxy) is 1. The molecule has 0 aliphatic carbocycles. The maximum Gasteiger partial charge on any atom is 0.317 e. The Balaban J connectivity index is 1.49. The van der Waals surface area contributed by atoms with E-state index >= 15 is 0 Å². The highest BCUT2D eigenvalue weighted by molar-refractivity contribution is 5.74. The summed E-state index contributed by atoms with van der Waals surface area (Å²) in [5, 5.41) is 2.98. The van der Waals surface area contributed by atoms with Crippen LogP contribution in [0, 0.1) is 6.92 Å². The zero-order valence-corrected chi connectivity index (χ0v) is 14.6. The number of nitrogens with zero attached hydrogens (tertiary/aromatic N) is 4. The highest BCUT2D eigenvalue weighted by Crippen LogP contribution is 2.18. The highest BCUT2D eigenvalue weighted by atomic mass is 16.5. The molecule has 0 spiro atoms. The Morgan fingerprint density at radius 3 is 2.56 bits per heavy atom. The Kier molecular flexibility index (Phi) is 5.33. The largest absolute Gasteiger partial charge is 0.496 e. The predicted octanol–water partition coefficient (Wildman–Crippen LogP) is 1.83. The van der Waals surface area contributed by atoms with Crippen molar-refractivity contribution in [3.8, 4) is 5.75 Å². The van der Waals surface area contributed by atoms with E-state index < -0.39 is 0 Å². The van der Waals surface area contributed by atoms with Gasteiger partial charge >= 0.3 is 6.03 Å². The molecule has 1 saturated heterocycles. The number of nitrogens with one attached hydrogen (secondary N) is 1. The Morgan fingerprint density at radius 2 is 1.92 bits per heavy atom. The number of aromatic nitrogens is 2. The van der Waals surface area contributed by atoms with Crippen LogP contribution < -0.4 is 15.0 Å². The molecule has 0 atom stereocenters. The summed E-state index contributed by atoms with van der Waals surface area (Å²) in [4.78, 5) is 24.8. The minimum atomic E-state index is -0.0397. The summed E-state index contributed by atoms with van der Waals surface area (Å²) < 4.78 is 5.26. The summed E-state index contributed by atoms with van der Waals surface area (Å²) in [6, 6.07) is 7.69. The number of benzene rings is 1. The molecule has 1 aromatic heterocycles. The molecule has 7 heteroatoms. The van der Waals surface area contributed by atoms with Gasteiger partial charge in [0.25, 0.3) is 0 Å². The van der Waals surface area contributed by atoms with Gasteiger partial charge < -0.3 is 19.9 Å². The maximum absolute atomic E-state index is 12.4. The fourth-order valence-electron chi connectivity index (χ4n) is 2.90. The first-order valence-electron chi connectivity index (χ1n) is 8.35. The molecule has 1 aliphatic rings. The standard InChI is InChI=1S/C18H23N5O2/c1-14-12-15(4-5-16(14)25-2)13-21-18(24)23-10-8-22(9-11-23)17-19-6-3-7-20-17/h3-7,12H,8-11,13H2,1-2H3,(H,21,24). The number of rotatable bonds is 4. The van der Waals surface area contributed by atoms with Gasteiger partial charge in [-0.3, -0.25) is 0 Å². The van der Waals surface area contributed by atoms with Gasteiger partial charge in [0.15, 0.2) is 0 Å². The molecule has 1 aromatic carbocycles. The van der Waals surface area contributed by atoms with Crippen molar-refractivity contribution in [3.05, 3.63) is 47.8 Å². The monoisotopic (exact) mass is 341 g/mol. The average molecular weight is 341 g/mol. The van der Waals surface area contributed by atoms with E-state index in [1.165, 1.54) is 0 Å². The quantitative estimate of drug-likeness (QED) is 0.919. The van der Waals surface area contributed by atoms with Crippen molar-refractivity contribution in [2.24, 2.45) is 0 Å². The lowest BCUT2D eigenvalue weighted by atomic mass is 10.1. The zero-order valence-electron chi connectivity index (χ0n) is 14.6. The summed E-state index contributed by atoms with van der Waals surface area (Å²) in [6.45, 7) is 5.29. The lowest BCUT2D eigenvalue weighted by molar-refractivity contribution is 0.193. The van der Waals surface area contributed by atoms with Gasteiger partial charge in [0, 0.05) is 45.1 Å². The molecule has 2 heterocycles. The van der Waals surface area contributed by atoms with E-state index in [2.05, 4.69) is 20.2 Å². The number of hydrogen-bond donors (Lipinski definition) is 1. The van der Waals surface area contributed by atoms with Crippen LogP contribution in [0.15, 0.2) is 36.7 Å². The molecule has 1 aliphatic heterocycles. The van der Waals surface area contributed by atoms with E-state index in [4.69, 9.17) is 4.74 Å². The highest BCUT2D eigenvalue weighted by Gasteiger charge is 2.22. The van der Waals surface area contributed by atoms with E-state index in [1.807, 2.05) is 30.0 Å². The van der Waals surface area contributed by atoms with Crippen molar-refractivity contribution in [3.63, 3.8) is 0 Å². The summed E-state index contributed by atoms with van der Waals surface area (Å²) in [6.07, 6.45) is 3.47. The van der Waals surface area contributed by atoms with Crippen molar-refractivity contribution >= 4 is 12.0 Å². The van der Waals surface area contributed by atoms with Crippen LogP contribution >= 0.6 is 0 Å². The first-order valence-corrected chi connectivity index (χ1v) is 8.35. The Labute approximate surface area is 147 Å². The summed E-state index contributed by atoms with van der Waals surface area (Å²) in [7, 11) is 1.66. The van der Waals surface area contributed by atoms with Crippen LogP contribution in [-0.2, 0) is 6.54 Å². The molecule has 132 valence electrons. The average Bonchev–Trinajstić information content (AvgIpc) is 2.67. The number of piperazine rings is 1. The van der Waals surface area contributed by atoms with Crippen LogP contribution in [0.5, 0.6) is 5.75 Å². The molecule has 25 heavy (non-hydrogen) atoms. The second-order valence-electron chi connectivity index (χ2n) is 5.99. The molecule has 2 aromatic rings. The van der Waals surface area contributed by atoms with Crippen LogP contribution in [0.2, 0.25) is 0 Å². The number of hydrogen-bond acceptors (Lipinski definition) is 5. The van der Waals surface area contributed by atoms with Crippen molar-refractivity contribution < 1.29 is 9.53 Å². The topological polar surface area (TPSA) is 70.6 Å². The van der Waals surface area contributed by atoms with Crippen molar-refractivity contribution in [1.29, 1.82) is 0 Å². The fraction of sp³-hybridized carbons (Fsp3) is 0.389. The Morgan fingerprint density at radius 1 is 1.20 bits per heavy atom. The van der Waals surface area contributed by atoms with Crippen LogP contribution in [0.4, 0.5) is 10.7 Å². The van der Waals surface area contributed by atoms with E-state index in [-0.39, 0.29) is 6.03 Å². The van der Waals surface area contributed by atoms with Crippen LogP contribution in [0.3, 0.4) is 0 Å². The number of aryl methyl sites for hydroxylation is 1. The molecule has 7 nitrogen and oxygen atoms in total. The molecular weight excluding hydrogens is 318 g/mol. The first-order chi connectivity index (χ1) is 12.2. The van der Waals surface area contributed by atoms with Gasteiger partial charge in [-0.1, -0.05) is 12.1 Å². The van der Waals surface area contributed by atoms with E-state index in [0.717, 1.165) is 35.9 Å². The van der Waals surface area contributed by atoms with Crippen LogP contribution in [0.1, 0.15) is 11.1 Å². The second kappa shape index (κ2) is 7.83. The number of urea groups is 1. The molecule has 1 N–H and O–H groups in total. The van der Waals surface area contributed by atoms with Gasteiger partial charge in [-0.05, 0) is 30.2 Å². The molecule has 0 bridgehead atoms. The Hall–Kier alpha value is -2.83. The maximum atomic E-state index is 12.4. The van der Waals surface area contributed by atoms with Gasteiger partial charge in [0.05, 0.1) is 7.11 Å². The minimum absolute atomic E-state index is 0.0397. The lowest BCUT2D eigenvalue weighted by Crippen LogP contribution is -2.52. The van der Waals surface area contributed by atoms with Crippen molar-refractivity contribution in [1.82, 2.24) is 20.2 Å². The number of anilines is 1. The lowest BCUT2D eigenvalue weighted by Gasteiger charge is -2.34. The molecule has 0 radical (unpaired) electrons. The summed E-state index contributed by atoms with van der Waals surface area (Å²) in [5.74, 6) is 1.57. The van der Waals surface area contributed by atoms with Crippen LogP contribution in [0.25, 0.3) is 0 Å². The number of amides is 2. The summed E-state index contributed by atoms with van der Waals surface area (Å²) >= 11 is 0. The first kappa shape index (κ1) is 17.0. The van der Waals surface area contributed by atoms with E-state index in [9.17, 15) is 4.79 Å². The third-order valence-electron chi connectivity index (χ3n) is 4.30. The fourth-order valence-corrected chi connectivity index (χ4v) is 2.90. The number of carbonyl (C=O) groups excluding carboxylic acids is 1. The summed E-state index contributed by atoms with van der Waals surface area (Å²) in [5.41, 5.74) is 2.12. The third-order valence-corrected chi connectivity index (χ3v) is 4.30. The van der Waals surface area contributed by atoms with Gasteiger partial charge in [-0.25, -0.2) is 14.8 Å². The zero-order chi connectivity index (χ0) is 17.6. The third kappa shape index (κ3) is 4.17. The molecule has 1 fully saturated rings. The van der Waals surface area contributed by atoms with Crippen molar-refractivity contribution in [2.75, 3.05) is 38.2 Å². The van der Waals surface area contributed by atoms with Crippen LogP contribution in [-0.4, -0.2) is 54.2 Å². The minimum Gasteiger partial charge on any atom is -0.496 e. The second-order valence-corrected chi connectivity index (χ2v) is 5.99. The van der Waals surface area contributed by atoms with Gasteiger partial charge in [-0.15, -0.1) is 0 Å². The van der Waals surface area contributed by atoms with Gasteiger partial charge in [-0.2, -0.15) is 0 Å². The smallest absolute Gasteiger partial charge is 0.317 e. The Bertz CT molecular complexity index is 715. The van der Waals surface area contributed by atoms with Gasteiger partial charge in [0.1, 0.15) is 5.75 Å². The molecular formula is C18H23N5O2. The van der Waals surface area contributed by atoms with Gasteiger partial charge in [0.2, 0.25) is 5.95 Å². The molecule has 2 amide bonds. The van der Waals surface area contributed by atoms with Crippen molar-refractivity contribution in [2.45, 2.75) is 13.5 Å². The normalized spacial score (nSPS) is 14.3. The number of carbonyl (C=O) groups is 1. The predicted molar refractivity (Wildman–Crippen MR) is 95.8 cm³/mol. The molecule has 0 saturated carbocycles.